The van der Waals surface area contributed by atoms with Crippen molar-refractivity contribution < 1.29 is 4.57 Å². The fourth-order valence-electron chi connectivity index (χ4n) is 7.53. The van der Waals surface area contributed by atoms with Gasteiger partial charge in [0, 0.05) is 5.56 Å². The Hall–Kier alpha value is -3.72. The summed E-state index contributed by atoms with van der Waals surface area (Å²) in [7, 11) is 2.21. The van der Waals surface area contributed by atoms with Gasteiger partial charge in [-0.05, 0) is 84.0 Å². The van der Waals surface area contributed by atoms with Gasteiger partial charge in [-0.3, -0.25) is 0 Å². The molecule has 3 heteroatoms. The molecule has 3 aromatic heterocycles. The van der Waals surface area contributed by atoms with Gasteiger partial charge >= 0.3 is 0 Å². The van der Waals surface area contributed by atoms with Gasteiger partial charge in [-0.25, -0.2) is 9.55 Å². The number of rotatable bonds is 4. The van der Waals surface area contributed by atoms with Crippen molar-refractivity contribution >= 4 is 38.5 Å². The highest BCUT2D eigenvalue weighted by Crippen LogP contribution is 2.43. The number of aromatic nitrogens is 3. The van der Waals surface area contributed by atoms with Crippen molar-refractivity contribution in [1.29, 1.82) is 0 Å². The van der Waals surface area contributed by atoms with E-state index in [0.29, 0.717) is 17.8 Å². The van der Waals surface area contributed by atoms with Crippen molar-refractivity contribution in [1.82, 2.24) is 9.38 Å². The van der Waals surface area contributed by atoms with Crippen molar-refractivity contribution in [2.75, 3.05) is 0 Å². The summed E-state index contributed by atoms with van der Waals surface area (Å²) in [4.78, 5) is 5.69. The highest BCUT2D eigenvalue weighted by molar-refractivity contribution is 6.13. The van der Waals surface area contributed by atoms with E-state index < -0.39 is 0 Å². The summed E-state index contributed by atoms with van der Waals surface area (Å²) in [6.07, 6.45) is 5.18. The fraction of sp³-hybridized carbons (Fsp3) is 0.351. The third-order valence-electron chi connectivity index (χ3n) is 9.43. The van der Waals surface area contributed by atoms with Crippen LogP contribution in [0.15, 0.2) is 66.7 Å². The van der Waals surface area contributed by atoms with Crippen LogP contribution in [-0.2, 0) is 7.05 Å². The van der Waals surface area contributed by atoms with Crippen LogP contribution < -0.4 is 4.57 Å². The second-order valence-corrected chi connectivity index (χ2v) is 12.6. The van der Waals surface area contributed by atoms with Gasteiger partial charge in [0.05, 0.1) is 29.0 Å². The SMILES string of the molecule is Cc1cc(-c2c(C(C)C)cccc2C(C)C)nc2c3c(C4CCCC4)cccc3n3c4ccccc4[n+](C)c3c12. The highest BCUT2D eigenvalue weighted by Gasteiger charge is 2.29. The van der Waals surface area contributed by atoms with Crippen LogP contribution in [0.3, 0.4) is 0 Å². The number of pyridine rings is 2. The number of benzene rings is 3. The molecule has 0 bridgehead atoms. The zero-order chi connectivity index (χ0) is 27.7. The molecule has 0 radical (unpaired) electrons. The molecule has 0 aliphatic heterocycles. The molecular weight excluding hydrogens is 486 g/mol. The molecule has 1 aliphatic carbocycles. The first-order valence-electron chi connectivity index (χ1n) is 15.1. The van der Waals surface area contributed by atoms with E-state index >= 15 is 0 Å². The zero-order valence-electron chi connectivity index (χ0n) is 24.8. The Bertz CT molecular complexity index is 1910. The van der Waals surface area contributed by atoms with Gasteiger partial charge in [0.1, 0.15) is 5.52 Å². The van der Waals surface area contributed by atoms with Gasteiger partial charge in [-0.1, -0.05) is 83.0 Å². The molecule has 3 heterocycles. The van der Waals surface area contributed by atoms with Crippen molar-refractivity contribution in [2.45, 2.75) is 78.1 Å². The van der Waals surface area contributed by atoms with Gasteiger partial charge in [0.25, 0.3) is 5.65 Å². The average Bonchev–Trinajstić information content (AvgIpc) is 3.59. The van der Waals surface area contributed by atoms with E-state index in [0.717, 1.165) is 11.2 Å². The van der Waals surface area contributed by atoms with Crippen LogP contribution in [0.25, 0.3) is 49.7 Å². The Morgan fingerprint density at radius 2 is 1.45 bits per heavy atom. The predicted molar refractivity (Wildman–Crippen MR) is 168 cm³/mol. The number of aryl methyl sites for hydroxylation is 2. The first-order valence-corrected chi connectivity index (χ1v) is 15.1. The molecule has 0 spiro atoms. The minimum atomic E-state index is 0.425. The third kappa shape index (κ3) is 3.63. The van der Waals surface area contributed by atoms with E-state index in [-0.39, 0.29) is 0 Å². The quantitative estimate of drug-likeness (QED) is 0.165. The van der Waals surface area contributed by atoms with Crippen LogP contribution in [0.5, 0.6) is 0 Å². The van der Waals surface area contributed by atoms with Crippen molar-refractivity contribution in [2.24, 2.45) is 7.05 Å². The lowest BCUT2D eigenvalue weighted by Gasteiger charge is -2.21. The van der Waals surface area contributed by atoms with E-state index in [2.05, 4.69) is 117 Å². The molecule has 3 nitrogen and oxygen atoms in total. The molecule has 1 aliphatic rings. The van der Waals surface area contributed by atoms with Gasteiger partial charge < -0.3 is 0 Å². The maximum Gasteiger partial charge on any atom is 0.297 e. The number of para-hydroxylation sites is 2. The van der Waals surface area contributed by atoms with Crippen molar-refractivity contribution in [3.63, 3.8) is 0 Å². The minimum absolute atomic E-state index is 0.425. The highest BCUT2D eigenvalue weighted by atomic mass is 15.1. The van der Waals surface area contributed by atoms with Gasteiger partial charge in [0.15, 0.2) is 11.0 Å². The summed E-state index contributed by atoms with van der Waals surface area (Å²) in [6, 6.07) is 25.0. The van der Waals surface area contributed by atoms with E-state index in [1.165, 1.54) is 86.5 Å². The third-order valence-corrected chi connectivity index (χ3v) is 9.43. The normalized spacial score (nSPS) is 14.7. The maximum atomic E-state index is 5.69. The second kappa shape index (κ2) is 9.44. The average molecular weight is 527 g/mol. The first-order chi connectivity index (χ1) is 19.4. The van der Waals surface area contributed by atoms with Gasteiger partial charge in [0.2, 0.25) is 0 Å². The van der Waals surface area contributed by atoms with Crippen LogP contribution in [0.2, 0.25) is 0 Å². The monoisotopic (exact) mass is 526 g/mol. The minimum Gasteiger partial charge on any atom is -0.247 e. The van der Waals surface area contributed by atoms with Crippen molar-refractivity contribution in [3.8, 4) is 11.3 Å². The maximum absolute atomic E-state index is 5.69. The predicted octanol–water partition coefficient (Wildman–Crippen LogP) is 9.50. The van der Waals surface area contributed by atoms with Crippen molar-refractivity contribution in [3.05, 3.63) is 89.0 Å². The molecule has 1 saturated carbocycles. The van der Waals surface area contributed by atoms with Crippen LogP contribution in [0.1, 0.15) is 93.4 Å². The molecule has 1 fully saturated rings. The van der Waals surface area contributed by atoms with Crippen LogP contribution in [0.4, 0.5) is 0 Å². The molecule has 40 heavy (non-hydrogen) atoms. The van der Waals surface area contributed by atoms with Crippen LogP contribution >= 0.6 is 0 Å². The Morgan fingerprint density at radius 1 is 0.800 bits per heavy atom. The summed E-state index contributed by atoms with van der Waals surface area (Å²) in [5.41, 5.74) is 14.1. The number of nitrogens with zero attached hydrogens (tertiary/aromatic N) is 3. The molecule has 202 valence electrons. The Kier molecular flexibility index (Phi) is 5.96. The summed E-state index contributed by atoms with van der Waals surface area (Å²) < 4.78 is 4.87. The summed E-state index contributed by atoms with van der Waals surface area (Å²) in [6.45, 7) is 11.5. The number of imidazole rings is 1. The number of fused-ring (bicyclic) bond motifs is 8. The number of hydrogen-bond acceptors (Lipinski definition) is 1. The Balaban J connectivity index is 1.71. The first kappa shape index (κ1) is 25.3. The van der Waals surface area contributed by atoms with Gasteiger partial charge in [-0.2, -0.15) is 4.40 Å². The summed E-state index contributed by atoms with van der Waals surface area (Å²) in [5.74, 6) is 1.45. The Morgan fingerprint density at radius 3 is 2.15 bits per heavy atom. The molecule has 0 atom stereocenters. The topological polar surface area (TPSA) is 21.2 Å². The van der Waals surface area contributed by atoms with Crippen LogP contribution in [-0.4, -0.2) is 9.38 Å². The number of hydrogen-bond donors (Lipinski definition) is 0. The Labute approximate surface area is 237 Å². The molecule has 0 saturated heterocycles. The van der Waals surface area contributed by atoms with E-state index in [9.17, 15) is 0 Å². The molecule has 0 amide bonds. The summed E-state index contributed by atoms with van der Waals surface area (Å²) >= 11 is 0. The van der Waals surface area contributed by atoms with Gasteiger partial charge in [-0.15, -0.1) is 0 Å². The lowest BCUT2D eigenvalue weighted by atomic mass is 9.86. The lowest BCUT2D eigenvalue weighted by molar-refractivity contribution is -0.617. The molecule has 6 aromatic rings. The molecular formula is C37H40N3+. The molecule has 0 N–H and O–H groups in total. The zero-order valence-corrected chi connectivity index (χ0v) is 24.8. The van der Waals surface area contributed by atoms with E-state index in [1.807, 2.05) is 0 Å². The second-order valence-electron chi connectivity index (χ2n) is 12.6. The standard InChI is InChI=1S/C37H40N3/c1-22(2)26-15-11-16-27(23(3)4)34(26)29-21-24(5)33-36(38-29)35-28(25-13-7-8-14-25)17-12-20-32(35)40-31-19-10-9-18-30(31)39(6)37(33)40/h9-12,15-23,25H,7-8,13-14H2,1-6H3/q+1. The fourth-order valence-corrected chi connectivity index (χ4v) is 7.53. The van der Waals surface area contributed by atoms with E-state index in [1.54, 1.807) is 0 Å². The smallest absolute Gasteiger partial charge is 0.247 e. The molecule has 7 rings (SSSR count). The molecule has 3 aromatic carbocycles. The van der Waals surface area contributed by atoms with Crippen LogP contribution in [0, 0.1) is 6.92 Å². The molecule has 0 unspecified atom stereocenters. The largest absolute Gasteiger partial charge is 0.297 e. The van der Waals surface area contributed by atoms with E-state index in [4.69, 9.17) is 4.98 Å². The summed E-state index contributed by atoms with van der Waals surface area (Å²) in [5, 5.41) is 2.62. The lowest BCUT2D eigenvalue weighted by Crippen LogP contribution is -2.27.